The molecule has 0 atom stereocenters. The fourth-order valence-corrected chi connectivity index (χ4v) is 0.561. The van der Waals surface area contributed by atoms with Crippen LogP contribution in [0.5, 0.6) is 0 Å². The van der Waals surface area contributed by atoms with Crippen LogP contribution in [0, 0.1) is 0 Å². The van der Waals surface area contributed by atoms with Crippen molar-refractivity contribution in [3.8, 4) is 0 Å². The van der Waals surface area contributed by atoms with Crippen molar-refractivity contribution in [3.05, 3.63) is 0 Å². The van der Waals surface area contributed by atoms with Gasteiger partial charge in [-0.2, -0.15) is 0 Å². The number of carboxylic acid groups (broad SMARTS) is 1. The van der Waals surface area contributed by atoms with Gasteiger partial charge in [0.1, 0.15) is 12.6 Å². The third-order valence-electron chi connectivity index (χ3n) is 1.21. The molecule has 1 amide bonds. The van der Waals surface area contributed by atoms with E-state index < -0.39 is 12.1 Å². The number of carbonyl (C=O) groups is 2. The highest BCUT2D eigenvalue weighted by Crippen LogP contribution is 2.23. The molecule has 1 fully saturated rings. The van der Waals surface area contributed by atoms with E-state index >= 15 is 0 Å². The van der Waals surface area contributed by atoms with Crippen LogP contribution in [-0.2, 0) is 9.53 Å². The Bertz CT molecular complexity index is 175. The second-order valence-corrected chi connectivity index (χ2v) is 2.35. The Labute approximate surface area is 63.3 Å². The van der Waals surface area contributed by atoms with E-state index in [1.54, 1.807) is 0 Å². The smallest absolute Gasteiger partial charge is 0.405 e. The van der Waals surface area contributed by atoms with Crippen LogP contribution in [0.25, 0.3) is 0 Å². The maximum absolute atomic E-state index is 10.6. The van der Waals surface area contributed by atoms with E-state index in [9.17, 15) is 9.59 Å². The average molecular weight is 159 g/mol. The lowest BCUT2D eigenvalue weighted by Crippen LogP contribution is -2.29. The number of hydrogen-bond donors (Lipinski definition) is 2. The van der Waals surface area contributed by atoms with Gasteiger partial charge in [-0.3, -0.25) is 4.79 Å². The number of rotatable bonds is 3. The summed E-state index contributed by atoms with van der Waals surface area (Å²) in [5, 5.41) is 10.0. The summed E-state index contributed by atoms with van der Waals surface area (Å²) in [4.78, 5) is 20.5. The molecule has 5 nitrogen and oxygen atoms in total. The molecule has 1 aliphatic carbocycles. The average Bonchev–Trinajstić information content (AvgIpc) is 2.67. The lowest BCUT2D eigenvalue weighted by molar-refractivity contribution is -0.143. The third-order valence-corrected chi connectivity index (χ3v) is 1.21. The van der Waals surface area contributed by atoms with Gasteiger partial charge in [-0.05, 0) is 12.8 Å². The second-order valence-electron chi connectivity index (χ2n) is 2.35. The summed E-state index contributed by atoms with van der Waals surface area (Å²) in [6.45, 7) is -0.258. The Hall–Kier alpha value is -1.26. The van der Waals surface area contributed by atoms with Gasteiger partial charge in [0.15, 0.2) is 0 Å². The first-order chi connectivity index (χ1) is 5.18. The van der Waals surface area contributed by atoms with Crippen molar-refractivity contribution in [3.63, 3.8) is 0 Å². The number of ether oxygens (including phenoxy) is 1. The summed E-state index contributed by atoms with van der Waals surface area (Å²) < 4.78 is 4.75. The van der Waals surface area contributed by atoms with E-state index in [1.165, 1.54) is 0 Å². The molecule has 1 rings (SSSR count). The molecule has 2 N–H and O–H groups in total. The van der Waals surface area contributed by atoms with Gasteiger partial charge in [0.05, 0.1) is 0 Å². The molecule has 0 radical (unpaired) electrons. The Balaban J connectivity index is 2.04. The minimum atomic E-state index is -1.21. The number of hydrogen-bond acceptors (Lipinski definition) is 3. The molecule has 0 spiro atoms. The second kappa shape index (κ2) is 3.23. The number of carbonyl (C=O) groups excluding carboxylic acids is 1. The highest BCUT2D eigenvalue weighted by Gasteiger charge is 2.25. The molecule has 0 aromatic heterocycles. The first kappa shape index (κ1) is 7.84. The molecule has 0 unspecified atom stereocenters. The van der Waals surface area contributed by atoms with Crippen LogP contribution in [0.15, 0.2) is 0 Å². The van der Waals surface area contributed by atoms with Gasteiger partial charge in [0.25, 0.3) is 0 Å². The maximum atomic E-state index is 10.6. The van der Waals surface area contributed by atoms with E-state index in [4.69, 9.17) is 9.84 Å². The van der Waals surface area contributed by atoms with Gasteiger partial charge in [-0.25, -0.2) is 4.79 Å². The highest BCUT2D eigenvalue weighted by molar-refractivity contribution is 5.77. The van der Waals surface area contributed by atoms with E-state index in [2.05, 4.69) is 0 Å². The van der Waals surface area contributed by atoms with Crippen molar-refractivity contribution in [1.29, 1.82) is 0 Å². The summed E-state index contributed by atoms with van der Waals surface area (Å²) in [6.07, 6.45) is 0.633. The van der Waals surface area contributed by atoms with E-state index in [-0.39, 0.29) is 12.6 Å². The highest BCUT2D eigenvalue weighted by atomic mass is 16.5. The Morgan fingerprint density at radius 1 is 1.55 bits per heavy atom. The van der Waals surface area contributed by atoms with Crippen LogP contribution in [0.3, 0.4) is 0 Å². The molecule has 0 bridgehead atoms. The van der Waals surface area contributed by atoms with Gasteiger partial charge < -0.3 is 15.2 Å². The summed E-state index contributed by atoms with van der Waals surface area (Å²) in [5.41, 5.74) is 0. The zero-order chi connectivity index (χ0) is 8.27. The number of amides is 1. The molecule has 0 heterocycles. The van der Waals surface area contributed by atoms with Gasteiger partial charge in [0.2, 0.25) is 0 Å². The first-order valence-electron chi connectivity index (χ1n) is 3.35. The standard InChI is InChI=1S/C6H9NO4/c8-5(3-7-6(9)10)11-4-1-2-4/h4,7H,1-3H2,(H,9,10). The van der Waals surface area contributed by atoms with Crippen molar-refractivity contribution in [1.82, 2.24) is 5.32 Å². The molecule has 5 heteroatoms. The molecule has 11 heavy (non-hydrogen) atoms. The molecule has 62 valence electrons. The first-order valence-corrected chi connectivity index (χ1v) is 3.35. The maximum Gasteiger partial charge on any atom is 0.405 e. The minimum absolute atomic E-state index is 0.0399. The Morgan fingerprint density at radius 2 is 2.18 bits per heavy atom. The predicted molar refractivity (Wildman–Crippen MR) is 35.1 cm³/mol. The molecule has 0 aliphatic heterocycles. The monoisotopic (exact) mass is 159 g/mol. The molecule has 0 aromatic carbocycles. The fraction of sp³-hybridized carbons (Fsp3) is 0.667. The number of nitrogens with one attached hydrogen (secondary N) is 1. The topological polar surface area (TPSA) is 75.6 Å². The van der Waals surface area contributed by atoms with Crippen molar-refractivity contribution in [2.75, 3.05) is 6.54 Å². The Morgan fingerprint density at radius 3 is 2.64 bits per heavy atom. The van der Waals surface area contributed by atoms with Gasteiger partial charge >= 0.3 is 12.1 Å². The normalized spacial score (nSPS) is 15.6. The van der Waals surface area contributed by atoms with Crippen LogP contribution < -0.4 is 5.32 Å². The zero-order valence-corrected chi connectivity index (χ0v) is 5.87. The van der Waals surface area contributed by atoms with Crippen molar-refractivity contribution < 1.29 is 19.4 Å². The van der Waals surface area contributed by atoms with Crippen molar-refractivity contribution in [2.24, 2.45) is 0 Å². The van der Waals surface area contributed by atoms with Crippen LogP contribution >= 0.6 is 0 Å². The van der Waals surface area contributed by atoms with Crippen molar-refractivity contribution >= 4 is 12.1 Å². The van der Waals surface area contributed by atoms with Gasteiger partial charge in [-0.15, -0.1) is 0 Å². The van der Waals surface area contributed by atoms with E-state index in [1.807, 2.05) is 5.32 Å². The summed E-state index contributed by atoms with van der Waals surface area (Å²) in [7, 11) is 0. The van der Waals surface area contributed by atoms with Crippen molar-refractivity contribution in [2.45, 2.75) is 18.9 Å². The quantitative estimate of drug-likeness (QED) is 0.566. The van der Waals surface area contributed by atoms with Crippen LogP contribution in [0.4, 0.5) is 4.79 Å². The van der Waals surface area contributed by atoms with Crippen LogP contribution in [0.2, 0.25) is 0 Å². The number of esters is 1. The van der Waals surface area contributed by atoms with Crippen LogP contribution in [-0.4, -0.2) is 29.8 Å². The van der Waals surface area contributed by atoms with Crippen LogP contribution in [0.1, 0.15) is 12.8 Å². The largest absolute Gasteiger partial charge is 0.465 e. The lowest BCUT2D eigenvalue weighted by atomic mass is 10.6. The van der Waals surface area contributed by atoms with E-state index in [0.29, 0.717) is 0 Å². The van der Waals surface area contributed by atoms with Gasteiger partial charge in [-0.1, -0.05) is 0 Å². The Kier molecular flexibility index (Phi) is 2.30. The molecular formula is C6H9NO4. The SMILES string of the molecule is O=C(O)NCC(=O)OC1CC1. The summed E-state index contributed by atoms with van der Waals surface area (Å²) in [5.74, 6) is -0.505. The molecule has 0 aromatic rings. The fourth-order valence-electron chi connectivity index (χ4n) is 0.561. The molecule has 1 saturated carbocycles. The van der Waals surface area contributed by atoms with E-state index in [0.717, 1.165) is 12.8 Å². The predicted octanol–water partition coefficient (Wildman–Crippen LogP) is -0.0404. The lowest BCUT2D eigenvalue weighted by Gasteiger charge is -2.01. The minimum Gasteiger partial charge on any atom is -0.465 e. The van der Waals surface area contributed by atoms with Gasteiger partial charge in [0, 0.05) is 0 Å². The molecule has 1 aliphatic rings. The summed E-state index contributed by atoms with van der Waals surface area (Å²) in [6, 6.07) is 0. The molecular weight excluding hydrogens is 150 g/mol. The summed E-state index contributed by atoms with van der Waals surface area (Å²) >= 11 is 0. The third kappa shape index (κ3) is 3.44. The molecule has 0 saturated heterocycles. The zero-order valence-electron chi connectivity index (χ0n) is 5.87.